The van der Waals surface area contributed by atoms with Crippen LogP contribution < -0.4 is 5.73 Å². The Morgan fingerprint density at radius 3 is 2.59 bits per heavy atom. The summed E-state index contributed by atoms with van der Waals surface area (Å²) in [4.78, 5) is 12.8. The number of allylic oxidation sites excluding steroid dienone is 3. The van der Waals surface area contributed by atoms with Gasteiger partial charge in [-0.3, -0.25) is 4.79 Å². The summed E-state index contributed by atoms with van der Waals surface area (Å²) in [5.74, 6) is 0.512. The van der Waals surface area contributed by atoms with Crippen molar-refractivity contribution in [1.82, 2.24) is 0 Å². The number of carbonyl (C=O) groups is 1. The summed E-state index contributed by atoms with van der Waals surface area (Å²) in [7, 11) is 0. The highest BCUT2D eigenvalue weighted by molar-refractivity contribution is 6.01. The number of hydrogen-bond donors (Lipinski definition) is 1. The van der Waals surface area contributed by atoms with Gasteiger partial charge in [0.1, 0.15) is 17.4 Å². The highest BCUT2D eigenvalue weighted by Crippen LogP contribution is 2.45. The molecule has 3 rings (SSSR count). The van der Waals surface area contributed by atoms with E-state index in [-0.39, 0.29) is 23.5 Å². The third-order valence-corrected chi connectivity index (χ3v) is 4.67. The maximum atomic E-state index is 12.8. The van der Waals surface area contributed by atoms with Crippen LogP contribution in [0.15, 0.2) is 53.1 Å². The Kier molecular flexibility index (Phi) is 3.50. The number of ether oxygens (including phenoxy) is 1. The van der Waals surface area contributed by atoms with Crippen LogP contribution in [0.5, 0.6) is 0 Å². The number of hydrogen-bond acceptors (Lipinski definition) is 4. The summed E-state index contributed by atoms with van der Waals surface area (Å²) < 4.78 is 5.63. The molecule has 4 nitrogen and oxygen atoms in total. The minimum Gasteiger partial charge on any atom is -0.444 e. The highest BCUT2D eigenvalue weighted by atomic mass is 16.5. The van der Waals surface area contributed by atoms with Crippen molar-refractivity contribution in [2.24, 2.45) is 17.6 Å². The topological polar surface area (TPSA) is 76.1 Å². The molecule has 1 aliphatic heterocycles. The lowest BCUT2D eigenvalue weighted by Gasteiger charge is -2.35. The van der Waals surface area contributed by atoms with E-state index in [4.69, 9.17) is 10.5 Å². The van der Waals surface area contributed by atoms with Gasteiger partial charge in [0.15, 0.2) is 5.78 Å². The van der Waals surface area contributed by atoms with Crippen LogP contribution in [0, 0.1) is 23.2 Å². The van der Waals surface area contributed by atoms with E-state index in [1.165, 1.54) is 0 Å². The fraction of sp³-hybridized carbons (Fsp3) is 0.333. The molecule has 0 fully saturated rings. The van der Waals surface area contributed by atoms with Crippen LogP contribution in [-0.4, -0.2) is 5.78 Å². The monoisotopic (exact) mass is 294 g/mol. The zero-order valence-corrected chi connectivity index (χ0v) is 12.7. The van der Waals surface area contributed by atoms with Crippen molar-refractivity contribution in [3.63, 3.8) is 0 Å². The third-order valence-electron chi connectivity index (χ3n) is 4.67. The summed E-state index contributed by atoms with van der Waals surface area (Å²) in [5, 5.41) is 9.49. The molecule has 0 saturated carbocycles. The molecule has 0 aromatic heterocycles. The number of nitriles is 1. The van der Waals surface area contributed by atoms with Gasteiger partial charge in [0.2, 0.25) is 5.88 Å². The lowest BCUT2D eigenvalue weighted by Crippen LogP contribution is -2.34. The average Bonchev–Trinajstić information content (AvgIpc) is 2.52. The van der Waals surface area contributed by atoms with Gasteiger partial charge in [0, 0.05) is 17.9 Å². The van der Waals surface area contributed by atoms with Gasteiger partial charge >= 0.3 is 0 Å². The van der Waals surface area contributed by atoms with E-state index < -0.39 is 5.92 Å². The number of Topliss-reactive ketones (excluding diaryl/α,β-unsaturated/α-hetero) is 1. The molecule has 4 heteroatoms. The van der Waals surface area contributed by atoms with E-state index in [0.29, 0.717) is 23.3 Å². The van der Waals surface area contributed by atoms with E-state index >= 15 is 0 Å². The van der Waals surface area contributed by atoms with Crippen molar-refractivity contribution >= 4 is 5.78 Å². The average molecular weight is 294 g/mol. The zero-order valence-electron chi connectivity index (χ0n) is 12.7. The summed E-state index contributed by atoms with van der Waals surface area (Å²) in [6.45, 7) is 3.97. The standard InChI is InChI=1S/C18H18N2O2/c1-10-8-14-16(17(21)11(10)2)15(12-6-4-3-5-7-12)13(9-19)18(20)22-14/h3-7,10-11,15H,8,20H2,1-2H3/t10-,11-,15+/m1/s1. The molecular formula is C18H18N2O2. The van der Waals surface area contributed by atoms with E-state index in [2.05, 4.69) is 6.07 Å². The fourth-order valence-corrected chi connectivity index (χ4v) is 3.19. The molecule has 1 aliphatic carbocycles. The van der Waals surface area contributed by atoms with Crippen LogP contribution >= 0.6 is 0 Å². The smallest absolute Gasteiger partial charge is 0.205 e. The van der Waals surface area contributed by atoms with Gasteiger partial charge in [-0.1, -0.05) is 44.2 Å². The first-order chi connectivity index (χ1) is 10.5. The summed E-state index contributed by atoms with van der Waals surface area (Å²) in [6.07, 6.45) is 0.672. The van der Waals surface area contributed by atoms with Crippen molar-refractivity contribution in [3.8, 4) is 6.07 Å². The second kappa shape index (κ2) is 5.34. The highest BCUT2D eigenvalue weighted by Gasteiger charge is 2.42. The number of rotatable bonds is 1. The maximum absolute atomic E-state index is 12.8. The molecule has 112 valence electrons. The molecule has 1 aromatic carbocycles. The summed E-state index contributed by atoms with van der Waals surface area (Å²) in [6, 6.07) is 11.7. The predicted octanol–water partition coefficient (Wildman–Crippen LogP) is 2.99. The maximum Gasteiger partial charge on any atom is 0.205 e. The Morgan fingerprint density at radius 2 is 1.95 bits per heavy atom. The SMILES string of the molecule is C[C@@H]1CC2=C(C(=O)[C@@H]1C)[C@@H](c1ccccc1)C(C#N)=C(N)O2. The van der Waals surface area contributed by atoms with E-state index in [1.54, 1.807) is 0 Å². The molecule has 0 spiro atoms. The molecule has 1 heterocycles. The number of ketones is 1. The first kappa shape index (κ1) is 14.4. The third kappa shape index (κ3) is 2.10. The molecule has 22 heavy (non-hydrogen) atoms. The van der Waals surface area contributed by atoms with Gasteiger partial charge in [-0.05, 0) is 11.5 Å². The molecular weight excluding hydrogens is 276 g/mol. The molecule has 0 amide bonds. The van der Waals surface area contributed by atoms with Crippen LogP contribution in [0.1, 0.15) is 31.7 Å². The van der Waals surface area contributed by atoms with Crippen LogP contribution in [0.3, 0.4) is 0 Å². The Bertz CT molecular complexity index is 725. The van der Waals surface area contributed by atoms with Gasteiger partial charge in [0.05, 0.1) is 5.92 Å². The summed E-state index contributed by atoms with van der Waals surface area (Å²) >= 11 is 0. The molecule has 0 radical (unpaired) electrons. The van der Waals surface area contributed by atoms with Gasteiger partial charge in [-0.25, -0.2) is 0 Å². The lowest BCUT2D eigenvalue weighted by molar-refractivity contribution is -0.121. The van der Waals surface area contributed by atoms with Gasteiger partial charge < -0.3 is 10.5 Å². The van der Waals surface area contributed by atoms with E-state index in [9.17, 15) is 10.1 Å². The number of nitrogens with two attached hydrogens (primary N) is 1. The summed E-state index contributed by atoms with van der Waals surface area (Å²) in [5.41, 5.74) is 7.75. The Hall–Kier alpha value is -2.54. The van der Waals surface area contributed by atoms with Crippen molar-refractivity contribution < 1.29 is 9.53 Å². The Labute approximate surface area is 129 Å². The largest absolute Gasteiger partial charge is 0.444 e. The molecule has 0 unspecified atom stereocenters. The fourth-order valence-electron chi connectivity index (χ4n) is 3.19. The molecule has 1 aromatic rings. The number of benzene rings is 1. The first-order valence-electron chi connectivity index (χ1n) is 7.44. The number of nitrogens with zero attached hydrogens (tertiary/aromatic N) is 1. The van der Waals surface area contributed by atoms with E-state index in [1.807, 2.05) is 44.2 Å². The normalized spacial score (nSPS) is 28.0. The Balaban J connectivity index is 2.19. The molecule has 2 aliphatic rings. The lowest BCUT2D eigenvalue weighted by atomic mass is 9.71. The molecule has 0 saturated heterocycles. The quantitative estimate of drug-likeness (QED) is 0.863. The van der Waals surface area contributed by atoms with Crippen molar-refractivity contribution in [2.75, 3.05) is 0 Å². The molecule has 0 bridgehead atoms. The second-order valence-corrected chi connectivity index (χ2v) is 6.01. The van der Waals surface area contributed by atoms with Crippen molar-refractivity contribution in [1.29, 1.82) is 5.26 Å². The van der Waals surface area contributed by atoms with Crippen LogP contribution in [0.4, 0.5) is 0 Å². The van der Waals surface area contributed by atoms with Crippen LogP contribution in [-0.2, 0) is 9.53 Å². The minimum absolute atomic E-state index is 0.0582. The zero-order chi connectivity index (χ0) is 15.9. The first-order valence-corrected chi connectivity index (χ1v) is 7.44. The Morgan fingerprint density at radius 1 is 1.27 bits per heavy atom. The molecule has 2 N–H and O–H groups in total. The minimum atomic E-state index is -0.419. The second-order valence-electron chi connectivity index (χ2n) is 6.01. The van der Waals surface area contributed by atoms with Gasteiger partial charge in [0.25, 0.3) is 0 Å². The van der Waals surface area contributed by atoms with Crippen molar-refractivity contribution in [3.05, 3.63) is 58.7 Å². The molecule has 3 atom stereocenters. The number of carbonyl (C=O) groups excluding carboxylic acids is 1. The van der Waals surface area contributed by atoms with Gasteiger partial charge in [-0.15, -0.1) is 0 Å². The van der Waals surface area contributed by atoms with Crippen LogP contribution in [0.25, 0.3) is 0 Å². The van der Waals surface area contributed by atoms with Crippen molar-refractivity contribution in [2.45, 2.75) is 26.2 Å². The van der Waals surface area contributed by atoms with Crippen LogP contribution in [0.2, 0.25) is 0 Å². The predicted molar refractivity (Wildman–Crippen MR) is 82.1 cm³/mol. The van der Waals surface area contributed by atoms with E-state index in [0.717, 1.165) is 5.56 Å². The van der Waals surface area contributed by atoms with Gasteiger partial charge in [-0.2, -0.15) is 5.26 Å².